The second-order valence-corrected chi connectivity index (χ2v) is 7.12. The summed E-state index contributed by atoms with van der Waals surface area (Å²) in [5, 5.41) is 0. The number of hydrogen-bond donors (Lipinski definition) is 0. The molecule has 0 unspecified atom stereocenters. The van der Waals surface area contributed by atoms with Gasteiger partial charge in [-0.3, -0.25) is 9.78 Å². The molecule has 138 valence electrons. The Morgan fingerprint density at radius 2 is 2.38 bits per heavy atom. The molecule has 1 amide bonds. The van der Waals surface area contributed by atoms with E-state index < -0.39 is 0 Å². The molecule has 1 saturated carbocycles. The molecular weight excluding hydrogens is 332 g/mol. The van der Waals surface area contributed by atoms with E-state index in [0.717, 1.165) is 24.8 Å². The highest BCUT2D eigenvalue weighted by molar-refractivity contribution is 5.93. The summed E-state index contributed by atoms with van der Waals surface area (Å²) in [6.07, 6.45) is 9.78. The molecule has 0 aromatic carbocycles. The highest BCUT2D eigenvalue weighted by Crippen LogP contribution is 2.41. The molecule has 0 bridgehead atoms. The summed E-state index contributed by atoms with van der Waals surface area (Å²) < 4.78 is 17.2. The molecule has 3 heterocycles. The van der Waals surface area contributed by atoms with E-state index in [2.05, 4.69) is 4.98 Å². The van der Waals surface area contributed by atoms with Gasteiger partial charge in [0.2, 0.25) is 0 Å². The van der Waals surface area contributed by atoms with Gasteiger partial charge in [0.1, 0.15) is 6.26 Å². The first-order chi connectivity index (χ1) is 12.8. The molecule has 0 radical (unpaired) electrons. The van der Waals surface area contributed by atoms with Gasteiger partial charge in [0.05, 0.1) is 43.8 Å². The quantitative estimate of drug-likeness (QED) is 0.824. The zero-order valence-electron chi connectivity index (χ0n) is 14.8. The van der Waals surface area contributed by atoms with Crippen LogP contribution in [0.15, 0.2) is 47.5 Å². The van der Waals surface area contributed by atoms with Crippen LogP contribution >= 0.6 is 0 Å². The van der Waals surface area contributed by atoms with E-state index in [1.54, 1.807) is 12.3 Å². The molecule has 2 atom stereocenters. The van der Waals surface area contributed by atoms with Crippen LogP contribution in [0.3, 0.4) is 0 Å². The first-order valence-electron chi connectivity index (χ1n) is 9.19. The number of pyridine rings is 1. The van der Waals surface area contributed by atoms with Gasteiger partial charge in [0.25, 0.3) is 5.91 Å². The highest BCUT2D eigenvalue weighted by Gasteiger charge is 2.48. The van der Waals surface area contributed by atoms with E-state index in [4.69, 9.17) is 13.9 Å². The fourth-order valence-corrected chi connectivity index (χ4v) is 4.10. The number of rotatable bonds is 5. The van der Waals surface area contributed by atoms with Crippen LogP contribution in [0.25, 0.3) is 0 Å². The zero-order chi connectivity index (χ0) is 17.8. The number of aromatic nitrogens is 1. The number of ether oxygens (including phenoxy) is 2. The Hall–Kier alpha value is -2.18. The maximum absolute atomic E-state index is 12.7. The van der Waals surface area contributed by atoms with Gasteiger partial charge in [-0.1, -0.05) is 12.5 Å². The lowest BCUT2D eigenvalue weighted by molar-refractivity contribution is -0.134. The Balaban J connectivity index is 1.38. The van der Waals surface area contributed by atoms with Crippen LogP contribution in [0.4, 0.5) is 0 Å². The molecular formula is C20H24N2O4. The van der Waals surface area contributed by atoms with E-state index in [9.17, 15) is 4.79 Å². The third-order valence-electron chi connectivity index (χ3n) is 5.47. The van der Waals surface area contributed by atoms with Gasteiger partial charge < -0.3 is 18.8 Å². The van der Waals surface area contributed by atoms with Crippen molar-refractivity contribution in [1.29, 1.82) is 0 Å². The molecule has 1 aliphatic heterocycles. The molecule has 1 spiro atoms. The van der Waals surface area contributed by atoms with Gasteiger partial charge in [-0.25, -0.2) is 0 Å². The minimum Gasteiger partial charge on any atom is -0.472 e. The average Bonchev–Trinajstić information content (AvgIpc) is 3.33. The lowest BCUT2D eigenvalue weighted by atomic mass is 9.89. The topological polar surface area (TPSA) is 64.8 Å². The number of nitrogens with zero attached hydrogens (tertiary/aromatic N) is 2. The maximum atomic E-state index is 12.7. The lowest BCUT2D eigenvalue weighted by Crippen LogP contribution is -2.56. The second-order valence-electron chi connectivity index (χ2n) is 7.12. The minimum atomic E-state index is -0.285. The Kier molecular flexibility index (Phi) is 5.04. The van der Waals surface area contributed by atoms with Crippen LogP contribution in [0.2, 0.25) is 0 Å². The van der Waals surface area contributed by atoms with Gasteiger partial charge in [0.15, 0.2) is 0 Å². The maximum Gasteiger partial charge on any atom is 0.257 e. The Labute approximate surface area is 153 Å². The van der Waals surface area contributed by atoms with Crippen LogP contribution in [0.5, 0.6) is 0 Å². The lowest BCUT2D eigenvalue weighted by Gasteiger charge is -2.44. The largest absolute Gasteiger partial charge is 0.472 e. The normalized spacial score (nSPS) is 25.7. The van der Waals surface area contributed by atoms with Gasteiger partial charge >= 0.3 is 0 Å². The third kappa shape index (κ3) is 3.52. The number of hydrogen-bond acceptors (Lipinski definition) is 5. The van der Waals surface area contributed by atoms with Gasteiger partial charge in [-0.2, -0.15) is 0 Å². The molecule has 2 aromatic rings. The molecule has 6 heteroatoms. The third-order valence-corrected chi connectivity index (χ3v) is 5.47. The Bertz CT molecular complexity index is 719. The average molecular weight is 356 g/mol. The standard InChI is InChI=1S/C20H24N2O4/c23-19(17-5-9-24-13-17)22-8-10-26-20(15-22)6-1-4-18(20)14-25-12-16-3-2-7-21-11-16/h2-3,5,7,9,11,13,18H,1,4,6,8,10,12,14-15H2/t18-,20+/m0/s1. The molecule has 2 fully saturated rings. The molecule has 2 aliphatic rings. The fourth-order valence-electron chi connectivity index (χ4n) is 4.10. The fraction of sp³-hybridized carbons (Fsp3) is 0.500. The van der Waals surface area contributed by atoms with Crippen LogP contribution in [0, 0.1) is 5.92 Å². The summed E-state index contributed by atoms with van der Waals surface area (Å²) in [4.78, 5) is 18.7. The van der Waals surface area contributed by atoms with Crippen LogP contribution in [-0.4, -0.2) is 47.7 Å². The van der Waals surface area contributed by atoms with Crippen LogP contribution in [0.1, 0.15) is 35.2 Å². The van der Waals surface area contributed by atoms with Crippen LogP contribution in [-0.2, 0) is 16.1 Å². The number of amides is 1. The number of furan rings is 1. The summed E-state index contributed by atoms with van der Waals surface area (Å²) in [5.74, 6) is 0.322. The molecule has 2 aromatic heterocycles. The molecule has 6 nitrogen and oxygen atoms in total. The van der Waals surface area contributed by atoms with Crippen molar-refractivity contribution in [2.45, 2.75) is 31.5 Å². The summed E-state index contributed by atoms with van der Waals surface area (Å²) in [7, 11) is 0. The molecule has 1 saturated heterocycles. The van der Waals surface area contributed by atoms with Crippen molar-refractivity contribution in [3.63, 3.8) is 0 Å². The predicted molar refractivity (Wildman–Crippen MR) is 94.5 cm³/mol. The highest BCUT2D eigenvalue weighted by atomic mass is 16.5. The van der Waals surface area contributed by atoms with Crippen LogP contribution < -0.4 is 0 Å². The first-order valence-corrected chi connectivity index (χ1v) is 9.19. The van der Waals surface area contributed by atoms with Gasteiger partial charge in [0, 0.05) is 24.9 Å². The molecule has 4 rings (SSSR count). The Morgan fingerprint density at radius 1 is 1.42 bits per heavy atom. The Morgan fingerprint density at radius 3 is 3.19 bits per heavy atom. The first kappa shape index (κ1) is 17.2. The van der Waals surface area contributed by atoms with E-state index >= 15 is 0 Å². The van der Waals surface area contributed by atoms with Crippen molar-refractivity contribution in [3.05, 3.63) is 54.2 Å². The van der Waals surface area contributed by atoms with Crippen molar-refractivity contribution in [2.24, 2.45) is 5.92 Å². The monoisotopic (exact) mass is 356 g/mol. The summed E-state index contributed by atoms with van der Waals surface area (Å²) in [6, 6.07) is 5.65. The van der Waals surface area contributed by atoms with Crippen molar-refractivity contribution in [3.8, 4) is 0 Å². The number of carbonyl (C=O) groups is 1. The van der Waals surface area contributed by atoms with Crippen molar-refractivity contribution in [1.82, 2.24) is 9.88 Å². The SMILES string of the molecule is O=C(c1ccoc1)N1CCO[C@]2(CCC[C@H]2COCc2cccnc2)C1. The summed E-state index contributed by atoms with van der Waals surface area (Å²) >= 11 is 0. The van der Waals surface area contributed by atoms with Gasteiger partial charge in [-0.05, 0) is 30.5 Å². The minimum absolute atomic E-state index is 0.0170. The van der Waals surface area contributed by atoms with Gasteiger partial charge in [-0.15, -0.1) is 0 Å². The van der Waals surface area contributed by atoms with E-state index in [1.165, 1.54) is 12.5 Å². The summed E-state index contributed by atoms with van der Waals surface area (Å²) in [6.45, 7) is 3.01. The van der Waals surface area contributed by atoms with Crippen molar-refractivity contribution >= 4 is 5.91 Å². The van der Waals surface area contributed by atoms with E-state index in [1.807, 2.05) is 23.2 Å². The zero-order valence-corrected chi connectivity index (χ0v) is 14.8. The second kappa shape index (κ2) is 7.60. The molecule has 26 heavy (non-hydrogen) atoms. The summed E-state index contributed by atoms with van der Waals surface area (Å²) in [5.41, 5.74) is 1.39. The smallest absolute Gasteiger partial charge is 0.257 e. The predicted octanol–water partition coefficient (Wildman–Crippen LogP) is 2.90. The molecule has 1 aliphatic carbocycles. The van der Waals surface area contributed by atoms with E-state index in [0.29, 0.717) is 44.4 Å². The number of carbonyl (C=O) groups excluding carboxylic acids is 1. The number of morpholine rings is 1. The van der Waals surface area contributed by atoms with Crippen molar-refractivity contribution < 1.29 is 18.7 Å². The van der Waals surface area contributed by atoms with E-state index in [-0.39, 0.29) is 11.5 Å². The van der Waals surface area contributed by atoms with Crippen molar-refractivity contribution in [2.75, 3.05) is 26.3 Å². The molecule has 0 N–H and O–H groups in total.